The van der Waals surface area contributed by atoms with E-state index in [2.05, 4.69) is 22.4 Å². The van der Waals surface area contributed by atoms with Crippen LogP contribution < -0.4 is 5.32 Å². The molecule has 3 rings (SSSR count). The molecule has 0 fully saturated rings. The maximum Gasteiger partial charge on any atom is 0.208 e. The van der Waals surface area contributed by atoms with Crippen molar-refractivity contribution in [3.63, 3.8) is 0 Å². The Balaban J connectivity index is 1.66. The van der Waals surface area contributed by atoms with E-state index in [0.29, 0.717) is 12.4 Å². The zero-order valence-corrected chi connectivity index (χ0v) is 13.0. The van der Waals surface area contributed by atoms with Gasteiger partial charge < -0.3 is 14.3 Å². The van der Waals surface area contributed by atoms with Crippen molar-refractivity contribution in [3.05, 3.63) is 46.6 Å². The summed E-state index contributed by atoms with van der Waals surface area (Å²) >= 11 is 1.64. The summed E-state index contributed by atoms with van der Waals surface area (Å²) in [7, 11) is 0. The van der Waals surface area contributed by atoms with Crippen molar-refractivity contribution in [3.8, 4) is 10.6 Å². The normalized spacial score (nSPS) is 12.7. The molecule has 5 nitrogen and oxygen atoms in total. The van der Waals surface area contributed by atoms with Gasteiger partial charge in [-0.25, -0.2) is 4.98 Å². The number of hydrogen-bond donors (Lipinski definition) is 1. The summed E-state index contributed by atoms with van der Waals surface area (Å²) in [6.07, 6.45) is 1.77. The predicted molar refractivity (Wildman–Crippen MR) is 81.0 cm³/mol. The van der Waals surface area contributed by atoms with Crippen LogP contribution in [-0.4, -0.2) is 10.1 Å². The molecule has 0 aliphatic heterocycles. The van der Waals surface area contributed by atoms with E-state index < -0.39 is 0 Å². The minimum absolute atomic E-state index is 0.133. The molecule has 0 bridgehead atoms. The number of aromatic nitrogens is 2. The molecule has 21 heavy (non-hydrogen) atoms. The highest BCUT2D eigenvalue weighted by molar-refractivity contribution is 7.13. The molecule has 0 radical (unpaired) electrons. The van der Waals surface area contributed by atoms with Crippen LogP contribution in [0.4, 0.5) is 0 Å². The van der Waals surface area contributed by atoms with Gasteiger partial charge in [0.05, 0.1) is 23.3 Å². The second-order valence-electron chi connectivity index (χ2n) is 4.94. The number of nitrogens with one attached hydrogen (secondary N) is 1. The first-order chi connectivity index (χ1) is 10.1. The Morgan fingerprint density at radius 1 is 1.38 bits per heavy atom. The van der Waals surface area contributed by atoms with E-state index in [4.69, 9.17) is 8.94 Å². The summed E-state index contributed by atoms with van der Waals surface area (Å²) in [5.74, 6) is 2.34. The van der Waals surface area contributed by atoms with Gasteiger partial charge in [0.2, 0.25) is 5.89 Å². The fourth-order valence-corrected chi connectivity index (χ4v) is 3.05. The average Bonchev–Trinajstić information content (AvgIpc) is 3.17. The minimum Gasteiger partial charge on any atom is -0.438 e. The molecule has 0 aliphatic carbocycles. The summed E-state index contributed by atoms with van der Waals surface area (Å²) < 4.78 is 10.9. The van der Waals surface area contributed by atoms with Crippen molar-refractivity contribution in [2.75, 3.05) is 0 Å². The monoisotopic (exact) mass is 303 g/mol. The van der Waals surface area contributed by atoms with Crippen LogP contribution in [0, 0.1) is 13.8 Å². The van der Waals surface area contributed by atoms with E-state index in [1.54, 1.807) is 17.5 Å². The Bertz CT molecular complexity index is 696. The third-order valence-corrected chi connectivity index (χ3v) is 4.28. The van der Waals surface area contributed by atoms with Crippen molar-refractivity contribution in [2.45, 2.75) is 33.4 Å². The third-order valence-electron chi connectivity index (χ3n) is 3.40. The number of nitrogens with zero attached hydrogens (tertiary/aromatic N) is 2. The van der Waals surface area contributed by atoms with Crippen molar-refractivity contribution in [2.24, 2.45) is 0 Å². The van der Waals surface area contributed by atoms with E-state index in [0.717, 1.165) is 27.7 Å². The Labute approximate surface area is 127 Å². The average molecular weight is 303 g/mol. The molecule has 1 N–H and O–H groups in total. The van der Waals surface area contributed by atoms with Gasteiger partial charge in [-0.15, -0.1) is 11.3 Å². The first kappa shape index (κ1) is 14.0. The lowest BCUT2D eigenvalue weighted by atomic mass is 10.1. The highest BCUT2D eigenvalue weighted by Gasteiger charge is 2.16. The van der Waals surface area contributed by atoms with Crippen molar-refractivity contribution < 1.29 is 8.94 Å². The summed E-state index contributed by atoms with van der Waals surface area (Å²) in [6, 6.07) is 4.16. The second-order valence-corrected chi connectivity index (χ2v) is 5.88. The molecule has 0 aromatic carbocycles. The van der Waals surface area contributed by atoms with E-state index in [-0.39, 0.29) is 6.04 Å². The molecule has 3 heterocycles. The van der Waals surface area contributed by atoms with Crippen LogP contribution in [0.1, 0.15) is 35.9 Å². The van der Waals surface area contributed by atoms with E-state index in [1.807, 2.05) is 31.4 Å². The first-order valence-electron chi connectivity index (χ1n) is 6.80. The molecule has 0 spiro atoms. The summed E-state index contributed by atoms with van der Waals surface area (Å²) in [6.45, 7) is 6.52. The quantitative estimate of drug-likeness (QED) is 0.775. The van der Waals surface area contributed by atoms with Crippen LogP contribution in [0.3, 0.4) is 0 Å². The van der Waals surface area contributed by atoms with Crippen molar-refractivity contribution in [1.82, 2.24) is 15.5 Å². The molecule has 0 amide bonds. The highest BCUT2D eigenvalue weighted by atomic mass is 32.1. The number of thiophene rings is 1. The molecule has 110 valence electrons. The highest BCUT2D eigenvalue weighted by Crippen LogP contribution is 2.25. The SMILES string of the molecule is Cc1noc(C)c1C(C)NCc1ncc(-c2cccs2)o1. The van der Waals surface area contributed by atoms with E-state index in [9.17, 15) is 0 Å². The maximum atomic E-state index is 5.75. The van der Waals surface area contributed by atoms with Gasteiger partial charge in [0.15, 0.2) is 5.76 Å². The summed E-state index contributed by atoms with van der Waals surface area (Å²) in [5, 5.41) is 9.39. The molecular weight excluding hydrogens is 286 g/mol. The van der Waals surface area contributed by atoms with Gasteiger partial charge in [-0.2, -0.15) is 0 Å². The number of rotatable bonds is 5. The van der Waals surface area contributed by atoms with Crippen molar-refractivity contribution in [1.29, 1.82) is 0 Å². The zero-order chi connectivity index (χ0) is 14.8. The number of aryl methyl sites for hydroxylation is 2. The second kappa shape index (κ2) is 5.83. The molecule has 0 saturated heterocycles. The number of oxazole rings is 1. The lowest BCUT2D eigenvalue weighted by molar-refractivity contribution is 0.389. The van der Waals surface area contributed by atoms with Crippen LogP contribution in [-0.2, 0) is 6.54 Å². The van der Waals surface area contributed by atoms with Gasteiger partial charge in [-0.1, -0.05) is 11.2 Å². The molecule has 0 saturated carbocycles. The van der Waals surface area contributed by atoms with Crippen LogP contribution in [0.25, 0.3) is 10.6 Å². The smallest absolute Gasteiger partial charge is 0.208 e. The molecule has 3 aromatic rings. The van der Waals surface area contributed by atoms with Crippen LogP contribution in [0.2, 0.25) is 0 Å². The van der Waals surface area contributed by atoms with Gasteiger partial charge in [-0.05, 0) is 32.2 Å². The number of hydrogen-bond acceptors (Lipinski definition) is 6. The van der Waals surface area contributed by atoms with Crippen LogP contribution in [0.15, 0.2) is 32.6 Å². The Hall–Kier alpha value is -1.92. The standard InChI is InChI=1S/C15H17N3O2S/c1-9(15-10(2)18-20-11(15)3)16-8-14-17-7-12(19-14)13-5-4-6-21-13/h4-7,9,16H,8H2,1-3H3. The Morgan fingerprint density at radius 3 is 2.90 bits per heavy atom. The van der Waals surface area contributed by atoms with Crippen molar-refractivity contribution >= 4 is 11.3 Å². The summed E-state index contributed by atoms with van der Waals surface area (Å²) in [5.41, 5.74) is 2.01. The van der Waals surface area contributed by atoms with Gasteiger partial charge in [0, 0.05) is 11.6 Å². The molecule has 1 unspecified atom stereocenters. The third kappa shape index (κ3) is 2.91. The first-order valence-corrected chi connectivity index (χ1v) is 7.68. The van der Waals surface area contributed by atoms with Gasteiger partial charge in [0.1, 0.15) is 5.76 Å². The minimum atomic E-state index is 0.133. The summed E-state index contributed by atoms with van der Waals surface area (Å²) in [4.78, 5) is 5.40. The molecule has 1 atom stereocenters. The lowest BCUT2D eigenvalue weighted by Gasteiger charge is -2.11. The molecular formula is C15H17N3O2S. The molecule has 3 aromatic heterocycles. The van der Waals surface area contributed by atoms with Crippen LogP contribution >= 0.6 is 11.3 Å². The van der Waals surface area contributed by atoms with Crippen LogP contribution in [0.5, 0.6) is 0 Å². The van der Waals surface area contributed by atoms with Gasteiger partial charge in [-0.3, -0.25) is 0 Å². The van der Waals surface area contributed by atoms with E-state index >= 15 is 0 Å². The maximum absolute atomic E-state index is 5.75. The fraction of sp³-hybridized carbons (Fsp3) is 0.333. The largest absolute Gasteiger partial charge is 0.438 e. The Kier molecular flexibility index (Phi) is 3.90. The van der Waals surface area contributed by atoms with E-state index in [1.165, 1.54) is 0 Å². The lowest BCUT2D eigenvalue weighted by Crippen LogP contribution is -2.19. The molecule has 0 aliphatic rings. The molecule has 6 heteroatoms. The van der Waals surface area contributed by atoms with Gasteiger partial charge >= 0.3 is 0 Å². The topological polar surface area (TPSA) is 64.1 Å². The zero-order valence-electron chi connectivity index (χ0n) is 12.2. The fourth-order valence-electron chi connectivity index (χ4n) is 2.38. The Morgan fingerprint density at radius 2 is 2.24 bits per heavy atom. The predicted octanol–water partition coefficient (Wildman–Crippen LogP) is 3.86. The van der Waals surface area contributed by atoms with Gasteiger partial charge in [0.25, 0.3) is 0 Å².